The number of ether oxygens (including phenoxy) is 1. The molecule has 0 aliphatic carbocycles. The highest BCUT2D eigenvalue weighted by Gasteiger charge is 2.62. The van der Waals surface area contributed by atoms with Crippen molar-refractivity contribution in [1.82, 2.24) is 0 Å². The highest BCUT2D eigenvalue weighted by Crippen LogP contribution is 2.45. The smallest absolute Gasteiger partial charge is 0.397 e. The molecule has 0 aromatic heterocycles. The van der Waals surface area contributed by atoms with Gasteiger partial charge in [0.25, 0.3) is 5.78 Å². The Morgan fingerprint density at radius 2 is 1.91 bits per heavy atom. The van der Waals surface area contributed by atoms with Gasteiger partial charge in [0, 0.05) is 10.6 Å². The summed E-state index contributed by atoms with van der Waals surface area (Å²) in [6.45, 7) is 0. The van der Waals surface area contributed by atoms with Crippen molar-refractivity contribution in [2.24, 2.45) is 0 Å². The van der Waals surface area contributed by atoms with Gasteiger partial charge in [-0.3, -0.25) is 14.9 Å². The van der Waals surface area contributed by atoms with Crippen molar-refractivity contribution < 1.29 is 14.5 Å². The molecule has 0 fully saturated rings. The van der Waals surface area contributed by atoms with Crippen molar-refractivity contribution in [1.29, 1.82) is 0 Å². The average Bonchev–Trinajstić information content (AvgIpc) is 2.50. The maximum absolute atomic E-state index is 12.6. The van der Waals surface area contributed by atoms with Crippen molar-refractivity contribution in [2.45, 2.75) is 11.1 Å². The predicted molar refractivity (Wildman–Crippen MR) is 81.2 cm³/mol. The Bertz CT molecular complexity index is 780. The first-order valence-electron chi connectivity index (χ1n) is 6.34. The molecule has 0 radical (unpaired) electrons. The normalized spacial score (nSPS) is 23.5. The van der Waals surface area contributed by atoms with Crippen LogP contribution in [0.15, 0.2) is 48.5 Å². The fourth-order valence-electron chi connectivity index (χ4n) is 2.41. The van der Waals surface area contributed by atoms with Gasteiger partial charge in [0.15, 0.2) is 0 Å². The van der Waals surface area contributed by atoms with E-state index in [4.69, 9.17) is 27.9 Å². The lowest BCUT2D eigenvalue weighted by molar-refractivity contribution is -0.536. The molecule has 0 bridgehead atoms. The molecule has 2 aromatic rings. The summed E-state index contributed by atoms with van der Waals surface area (Å²) < 4.78 is 5.67. The maximum Gasteiger partial charge on any atom is 0.397 e. The van der Waals surface area contributed by atoms with Crippen molar-refractivity contribution >= 4 is 29.0 Å². The van der Waals surface area contributed by atoms with E-state index in [1.165, 1.54) is 12.1 Å². The minimum absolute atomic E-state index is 0.0903. The van der Waals surface area contributed by atoms with Crippen molar-refractivity contribution in [3.05, 3.63) is 74.8 Å². The molecule has 0 N–H and O–H groups in total. The molecule has 2 atom stereocenters. The molecular weight excluding hydrogens is 329 g/mol. The Kier molecular flexibility index (Phi) is 3.54. The van der Waals surface area contributed by atoms with Crippen LogP contribution in [0.5, 0.6) is 5.75 Å². The minimum Gasteiger partial charge on any atom is -0.475 e. The van der Waals surface area contributed by atoms with Crippen LogP contribution in [0, 0.1) is 10.1 Å². The summed E-state index contributed by atoms with van der Waals surface area (Å²) in [5.41, 5.74) is 0.453. The van der Waals surface area contributed by atoms with Crippen molar-refractivity contribution in [3.63, 3.8) is 0 Å². The molecule has 3 rings (SSSR count). The van der Waals surface area contributed by atoms with Gasteiger partial charge in [-0.1, -0.05) is 35.9 Å². The van der Waals surface area contributed by atoms with E-state index in [0.29, 0.717) is 10.6 Å². The number of halogens is 2. The van der Waals surface area contributed by atoms with Crippen LogP contribution in [0.4, 0.5) is 0 Å². The summed E-state index contributed by atoms with van der Waals surface area (Å²) in [7, 11) is 0. The number of hydrogen-bond acceptors (Lipinski definition) is 4. The summed E-state index contributed by atoms with van der Waals surface area (Å²) in [5, 5.41) is 11.9. The number of alkyl halides is 1. The van der Waals surface area contributed by atoms with Crippen LogP contribution < -0.4 is 4.74 Å². The number of para-hydroxylation sites is 1. The zero-order chi connectivity index (χ0) is 15.9. The standard InChI is InChI=1S/C15H9Cl2NO4/c16-10-5-3-4-9(8-10)14-15(17,18(20)21)13(19)11-6-1-2-7-12(11)22-14/h1-8,14H. The van der Waals surface area contributed by atoms with Crippen LogP contribution in [-0.2, 0) is 0 Å². The van der Waals surface area contributed by atoms with Crippen LogP contribution in [0.3, 0.4) is 0 Å². The van der Waals surface area contributed by atoms with E-state index in [2.05, 4.69) is 0 Å². The van der Waals surface area contributed by atoms with Crippen LogP contribution >= 0.6 is 23.2 Å². The minimum atomic E-state index is -2.43. The van der Waals surface area contributed by atoms with E-state index in [9.17, 15) is 14.9 Å². The number of carbonyl (C=O) groups excluding carboxylic acids is 1. The number of hydrogen-bond donors (Lipinski definition) is 0. The largest absolute Gasteiger partial charge is 0.475 e. The Morgan fingerprint density at radius 1 is 1.18 bits per heavy atom. The monoisotopic (exact) mass is 337 g/mol. The van der Waals surface area contributed by atoms with E-state index < -0.39 is 21.8 Å². The van der Waals surface area contributed by atoms with Crippen LogP contribution in [0.2, 0.25) is 5.02 Å². The topological polar surface area (TPSA) is 69.4 Å². The fourth-order valence-corrected chi connectivity index (χ4v) is 2.88. The van der Waals surface area contributed by atoms with E-state index >= 15 is 0 Å². The molecule has 1 aliphatic rings. The van der Waals surface area contributed by atoms with Gasteiger partial charge in [-0.2, -0.15) is 0 Å². The van der Waals surface area contributed by atoms with Crippen LogP contribution in [0.1, 0.15) is 22.0 Å². The second kappa shape index (κ2) is 5.26. The van der Waals surface area contributed by atoms with E-state index in [-0.39, 0.29) is 11.3 Å². The molecule has 0 amide bonds. The van der Waals surface area contributed by atoms with Gasteiger partial charge in [-0.15, -0.1) is 0 Å². The number of benzene rings is 2. The molecule has 1 aliphatic heterocycles. The lowest BCUT2D eigenvalue weighted by Crippen LogP contribution is -2.51. The highest BCUT2D eigenvalue weighted by molar-refractivity contribution is 6.37. The fraction of sp³-hybridized carbons (Fsp3) is 0.133. The summed E-state index contributed by atoms with van der Waals surface area (Å²) in [4.78, 5) is 20.8. The number of ketones is 1. The Hall–Kier alpha value is -2.11. The van der Waals surface area contributed by atoms with E-state index in [1.807, 2.05) is 0 Å². The average molecular weight is 338 g/mol. The summed E-state index contributed by atoms with van der Waals surface area (Å²) in [5.74, 6) is -0.540. The molecule has 0 spiro atoms. The van der Waals surface area contributed by atoms with E-state index in [0.717, 1.165) is 0 Å². The molecule has 0 saturated heterocycles. The lowest BCUT2D eigenvalue weighted by Gasteiger charge is -2.32. The summed E-state index contributed by atoms with van der Waals surface area (Å²) in [6.07, 6.45) is -1.27. The molecule has 22 heavy (non-hydrogen) atoms. The predicted octanol–water partition coefficient (Wildman–Crippen LogP) is 3.87. The number of nitrogens with zero attached hydrogens (tertiary/aromatic N) is 1. The SMILES string of the molecule is O=C1c2ccccc2OC(c2cccc(Cl)c2)C1(Cl)[N+](=O)[O-]. The number of nitro groups is 1. The molecule has 2 unspecified atom stereocenters. The second-order valence-electron chi connectivity index (χ2n) is 4.81. The zero-order valence-corrected chi connectivity index (χ0v) is 12.5. The first kappa shape index (κ1) is 14.8. The van der Waals surface area contributed by atoms with Gasteiger partial charge >= 0.3 is 5.00 Å². The van der Waals surface area contributed by atoms with Gasteiger partial charge in [0.05, 0.1) is 10.5 Å². The molecule has 1 heterocycles. The van der Waals surface area contributed by atoms with Gasteiger partial charge in [0.2, 0.25) is 6.10 Å². The van der Waals surface area contributed by atoms with E-state index in [1.54, 1.807) is 36.4 Å². The third kappa shape index (κ3) is 2.14. The summed E-state index contributed by atoms with van der Waals surface area (Å²) >= 11 is 12.0. The molecule has 5 nitrogen and oxygen atoms in total. The quantitative estimate of drug-likeness (QED) is 0.361. The number of carbonyl (C=O) groups is 1. The number of Topliss-reactive ketones (excluding diaryl/α,β-unsaturated/α-hetero) is 1. The van der Waals surface area contributed by atoms with Gasteiger partial charge < -0.3 is 4.74 Å². The third-order valence-electron chi connectivity index (χ3n) is 3.46. The maximum atomic E-state index is 12.6. The number of rotatable bonds is 2. The van der Waals surface area contributed by atoms with Crippen LogP contribution in [-0.4, -0.2) is 15.7 Å². The highest BCUT2D eigenvalue weighted by atomic mass is 35.5. The third-order valence-corrected chi connectivity index (χ3v) is 4.20. The second-order valence-corrected chi connectivity index (χ2v) is 5.82. The molecule has 7 heteroatoms. The van der Waals surface area contributed by atoms with Gasteiger partial charge in [-0.25, -0.2) is 0 Å². The molecular formula is C15H9Cl2NO4. The zero-order valence-electron chi connectivity index (χ0n) is 11.0. The first-order valence-corrected chi connectivity index (χ1v) is 7.09. The Morgan fingerprint density at radius 3 is 2.59 bits per heavy atom. The Labute approximate surface area is 135 Å². The van der Waals surface area contributed by atoms with Gasteiger partial charge in [0.1, 0.15) is 5.75 Å². The summed E-state index contributed by atoms with van der Waals surface area (Å²) in [6, 6.07) is 12.6. The number of fused-ring (bicyclic) bond motifs is 1. The first-order chi connectivity index (χ1) is 10.4. The molecule has 0 saturated carbocycles. The Balaban J connectivity index is 2.20. The lowest BCUT2D eigenvalue weighted by atomic mass is 9.91. The molecule has 112 valence electrons. The van der Waals surface area contributed by atoms with Crippen molar-refractivity contribution in [3.8, 4) is 5.75 Å². The van der Waals surface area contributed by atoms with Crippen LogP contribution in [0.25, 0.3) is 0 Å². The molecule has 2 aromatic carbocycles. The van der Waals surface area contributed by atoms with Gasteiger partial charge in [-0.05, 0) is 35.9 Å². The van der Waals surface area contributed by atoms with Crippen molar-refractivity contribution in [2.75, 3.05) is 0 Å².